The number of hydrogen-bond donors (Lipinski definition) is 2. The van der Waals surface area contributed by atoms with Crippen LogP contribution in [-0.4, -0.2) is 10.9 Å². The molecule has 0 atom stereocenters. The van der Waals surface area contributed by atoms with Gasteiger partial charge in [-0.15, -0.1) is 0 Å². The molecule has 1 amide bonds. The first-order valence-electron chi connectivity index (χ1n) is 7.42. The number of hydrogen-bond acceptors (Lipinski definition) is 2. The Balaban J connectivity index is 1.78. The second kappa shape index (κ2) is 6.36. The average Bonchev–Trinajstić information content (AvgIpc) is 2.53. The topological polar surface area (TPSA) is 62.0 Å². The first-order chi connectivity index (χ1) is 10.6. The van der Waals surface area contributed by atoms with Crippen molar-refractivity contribution in [2.45, 2.75) is 32.2 Å². The minimum Gasteiger partial charge on any atom is -0.348 e. The van der Waals surface area contributed by atoms with Gasteiger partial charge in [-0.3, -0.25) is 9.59 Å². The lowest BCUT2D eigenvalue weighted by Gasteiger charge is -2.16. The van der Waals surface area contributed by atoms with Crippen LogP contribution in [0.25, 0.3) is 0 Å². The van der Waals surface area contributed by atoms with Crippen molar-refractivity contribution in [3.8, 4) is 0 Å². The summed E-state index contributed by atoms with van der Waals surface area (Å²) in [4.78, 5) is 27.2. The van der Waals surface area contributed by atoms with Crippen molar-refractivity contribution < 1.29 is 4.79 Å². The highest BCUT2D eigenvalue weighted by Crippen LogP contribution is 2.19. The first-order valence-corrected chi connectivity index (χ1v) is 7.79. The minimum absolute atomic E-state index is 0.174. The van der Waals surface area contributed by atoms with E-state index in [1.54, 1.807) is 12.1 Å². The van der Waals surface area contributed by atoms with Crippen LogP contribution in [0.2, 0.25) is 5.02 Å². The molecule has 1 heterocycles. The Labute approximate surface area is 133 Å². The second-order valence-electron chi connectivity index (χ2n) is 5.50. The van der Waals surface area contributed by atoms with E-state index < -0.39 is 0 Å². The molecular formula is C17H17ClN2O2. The molecule has 114 valence electrons. The van der Waals surface area contributed by atoms with E-state index in [1.807, 2.05) is 18.2 Å². The van der Waals surface area contributed by atoms with Gasteiger partial charge >= 0.3 is 0 Å². The van der Waals surface area contributed by atoms with Crippen LogP contribution in [0.4, 0.5) is 0 Å². The number of rotatable bonds is 3. The Morgan fingerprint density at radius 2 is 2.00 bits per heavy atom. The van der Waals surface area contributed by atoms with E-state index in [4.69, 9.17) is 11.6 Å². The molecule has 3 rings (SSSR count). The van der Waals surface area contributed by atoms with E-state index in [1.165, 1.54) is 0 Å². The van der Waals surface area contributed by atoms with Gasteiger partial charge < -0.3 is 10.3 Å². The van der Waals surface area contributed by atoms with Crippen LogP contribution >= 0.6 is 11.6 Å². The van der Waals surface area contributed by atoms with E-state index in [0.29, 0.717) is 11.6 Å². The lowest BCUT2D eigenvalue weighted by Crippen LogP contribution is -2.30. The van der Waals surface area contributed by atoms with Crippen LogP contribution in [0.5, 0.6) is 0 Å². The summed E-state index contributed by atoms with van der Waals surface area (Å²) in [7, 11) is 0. The van der Waals surface area contributed by atoms with Crippen molar-refractivity contribution in [3.05, 3.63) is 68.1 Å². The Hall–Kier alpha value is -2.07. The van der Waals surface area contributed by atoms with Gasteiger partial charge in [0.15, 0.2) is 0 Å². The molecule has 4 nitrogen and oxygen atoms in total. The summed E-state index contributed by atoms with van der Waals surface area (Å²) in [5.74, 6) is -0.366. The number of pyridine rings is 1. The smallest absolute Gasteiger partial charge is 0.261 e. The second-order valence-corrected chi connectivity index (χ2v) is 5.90. The number of nitrogens with one attached hydrogen (secondary N) is 2. The molecule has 0 saturated heterocycles. The van der Waals surface area contributed by atoms with Gasteiger partial charge in [0, 0.05) is 17.3 Å². The molecule has 1 aliphatic carbocycles. The molecule has 1 aromatic heterocycles. The van der Waals surface area contributed by atoms with E-state index in [9.17, 15) is 9.59 Å². The Bertz CT molecular complexity index is 767. The third kappa shape index (κ3) is 3.07. The number of benzene rings is 1. The maximum atomic E-state index is 12.3. The number of aromatic amines is 1. The SMILES string of the molecule is O=C(NCc1ccccc1Cl)c1cc2c([nH]c1=O)CCCC2. The summed E-state index contributed by atoms with van der Waals surface area (Å²) in [5, 5.41) is 3.36. The highest BCUT2D eigenvalue weighted by Gasteiger charge is 2.17. The van der Waals surface area contributed by atoms with Crippen LogP contribution in [-0.2, 0) is 19.4 Å². The van der Waals surface area contributed by atoms with Crippen LogP contribution < -0.4 is 10.9 Å². The van der Waals surface area contributed by atoms with Gasteiger partial charge in [-0.2, -0.15) is 0 Å². The van der Waals surface area contributed by atoms with Gasteiger partial charge in [0.1, 0.15) is 5.56 Å². The predicted octanol–water partition coefficient (Wildman–Crippen LogP) is 2.84. The van der Waals surface area contributed by atoms with Crippen molar-refractivity contribution in [1.29, 1.82) is 0 Å². The molecule has 0 unspecified atom stereocenters. The molecule has 0 bridgehead atoms. The minimum atomic E-state index is -0.366. The highest BCUT2D eigenvalue weighted by atomic mass is 35.5. The normalized spacial score (nSPS) is 13.5. The van der Waals surface area contributed by atoms with Gasteiger partial charge in [-0.05, 0) is 48.9 Å². The lowest BCUT2D eigenvalue weighted by molar-refractivity contribution is 0.0949. The zero-order valence-electron chi connectivity index (χ0n) is 12.1. The van der Waals surface area contributed by atoms with Crippen molar-refractivity contribution >= 4 is 17.5 Å². The monoisotopic (exact) mass is 316 g/mol. The van der Waals surface area contributed by atoms with Gasteiger partial charge in [0.2, 0.25) is 0 Å². The van der Waals surface area contributed by atoms with Gasteiger partial charge in [0.05, 0.1) is 0 Å². The molecule has 0 saturated carbocycles. The van der Waals surface area contributed by atoms with Gasteiger partial charge in [0.25, 0.3) is 11.5 Å². The molecule has 22 heavy (non-hydrogen) atoms. The van der Waals surface area contributed by atoms with E-state index in [2.05, 4.69) is 10.3 Å². The Kier molecular flexibility index (Phi) is 4.29. The Morgan fingerprint density at radius 1 is 1.23 bits per heavy atom. The number of amides is 1. The summed E-state index contributed by atoms with van der Waals surface area (Å²) in [6.45, 7) is 0.301. The summed E-state index contributed by atoms with van der Waals surface area (Å²) >= 11 is 6.06. The molecule has 2 aromatic rings. The summed E-state index contributed by atoms with van der Waals surface area (Å²) in [6.07, 6.45) is 3.98. The fraction of sp³-hybridized carbons (Fsp3) is 0.294. The van der Waals surface area contributed by atoms with E-state index in [-0.39, 0.29) is 17.0 Å². The van der Waals surface area contributed by atoms with Crippen LogP contribution in [0.1, 0.15) is 40.0 Å². The zero-order chi connectivity index (χ0) is 15.5. The summed E-state index contributed by atoms with van der Waals surface area (Å²) in [6, 6.07) is 9.05. The third-order valence-electron chi connectivity index (χ3n) is 3.98. The van der Waals surface area contributed by atoms with Crippen LogP contribution in [0.15, 0.2) is 35.1 Å². The molecule has 1 aliphatic rings. The predicted molar refractivity (Wildman–Crippen MR) is 86.3 cm³/mol. The van der Waals surface area contributed by atoms with Crippen molar-refractivity contribution in [2.24, 2.45) is 0 Å². The van der Waals surface area contributed by atoms with Gasteiger partial charge in [-0.1, -0.05) is 29.8 Å². The number of carbonyl (C=O) groups excluding carboxylic acids is 1. The molecule has 0 radical (unpaired) electrons. The highest BCUT2D eigenvalue weighted by molar-refractivity contribution is 6.31. The Morgan fingerprint density at radius 3 is 2.82 bits per heavy atom. The maximum absolute atomic E-state index is 12.3. The molecule has 0 aliphatic heterocycles. The van der Waals surface area contributed by atoms with Crippen LogP contribution in [0, 0.1) is 0 Å². The first kappa shape index (κ1) is 14.9. The summed E-state index contributed by atoms with van der Waals surface area (Å²) < 4.78 is 0. The number of H-pyrrole nitrogens is 1. The quantitative estimate of drug-likeness (QED) is 0.914. The molecule has 5 heteroatoms. The van der Waals surface area contributed by atoms with E-state index >= 15 is 0 Å². The molecule has 0 spiro atoms. The molecule has 2 N–H and O–H groups in total. The standard InChI is InChI=1S/C17H17ClN2O2/c18-14-7-3-1-6-12(14)10-19-16(21)13-9-11-5-2-4-8-15(11)20-17(13)22/h1,3,6-7,9H,2,4-5,8,10H2,(H,19,21)(H,20,22). The van der Waals surface area contributed by atoms with Crippen molar-refractivity contribution in [2.75, 3.05) is 0 Å². The number of fused-ring (bicyclic) bond motifs is 1. The number of carbonyl (C=O) groups is 1. The number of aromatic nitrogens is 1. The molecule has 0 fully saturated rings. The van der Waals surface area contributed by atoms with Crippen molar-refractivity contribution in [3.63, 3.8) is 0 Å². The van der Waals surface area contributed by atoms with Crippen LogP contribution in [0.3, 0.4) is 0 Å². The molecular weight excluding hydrogens is 300 g/mol. The fourth-order valence-corrected chi connectivity index (χ4v) is 2.96. The van der Waals surface area contributed by atoms with Gasteiger partial charge in [-0.25, -0.2) is 0 Å². The zero-order valence-corrected chi connectivity index (χ0v) is 12.9. The maximum Gasteiger partial charge on any atom is 0.261 e. The fourth-order valence-electron chi connectivity index (χ4n) is 2.76. The lowest BCUT2D eigenvalue weighted by atomic mass is 9.95. The van der Waals surface area contributed by atoms with E-state index in [0.717, 1.165) is 42.5 Å². The third-order valence-corrected chi connectivity index (χ3v) is 4.35. The van der Waals surface area contributed by atoms with Crippen molar-refractivity contribution in [1.82, 2.24) is 10.3 Å². The summed E-state index contributed by atoms with van der Waals surface area (Å²) in [5.41, 5.74) is 2.73. The largest absolute Gasteiger partial charge is 0.348 e. The number of aryl methyl sites for hydroxylation is 2. The number of halogens is 1. The molecule has 1 aromatic carbocycles. The average molecular weight is 317 g/mol.